The Bertz CT molecular complexity index is 663. The van der Waals surface area contributed by atoms with Crippen molar-refractivity contribution in [2.75, 3.05) is 17.7 Å². The normalized spacial score (nSPS) is 9.70. The molecule has 102 valence electrons. The minimum Gasteiger partial charge on any atom is -0.495 e. The monoisotopic (exact) mass is 269 g/mol. The van der Waals surface area contributed by atoms with Crippen LogP contribution in [0.5, 0.6) is 5.75 Å². The van der Waals surface area contributed by atoms with E-state index in [0.717, 1.165) is 22.6 Å². The van der Waals surface area contributed by atoms with Crippen molar-refractivity contribution >= 4 is 17.3 Å². The first-order valence-corrected chi connectivity index (χ1v) is 6.03. The van der Waals surface area contributed by atoms with Gasteiger partial charge in [0.15, 0.2) is 6.19 Å². The molecule has 0 fully saturated rings. The van der Waals surface area contributed by atoms with E-state index < -0.39 is 0 Å². The highest BCUT2D eigenvalue weighted by molar-refractivity contribution is 5.67. The van der Waals surface area contributed by atoms with E-state index in [-0.39, 0.29) is 0 Å². The van der Waals surface area contributed by atoms with Crippen LogP contribution in [0.4, 0.5) is 17.3 Å². The summed E-state index contributed by atoms with van der Waals surface area (Å²) in [6.07, 6.45) is 3.21. The summed E-state index contributed by atoms with van der Waals surface area (Å²) in [6.45, 7) is 4.06. The number of nitriles is 1. The van der Waals surface area contributed by atoms with Gasteiger partial charge in [-0.05, 0) is 37.1 Å². The Labute approximate surface area is 117 Å². The van der Waals surface area contributed by atoms with Crippen LogP contribution in [0.15, 0.2) is 24.5 Å². The van der Waals surface area contributed by atoms with Crippen LogP contribution in [0.1, 0.15) is 11.1 Å². The SMILES string of the molecule is COc1cc(C)c(C)cc1Nc1cc(NC#N)ncn1. The number of hydrogen-bond acceptors (Lipinski definition) is 6. The summed E-state index contributed by atoms with van der Waals surface area (Å²) in [5.41, 5.74) is 3.12. The zero-order chi connectivity index (χ0) is 14.5. The molecule has 0 radical (unpaired) electrons. The summed E-state index contributed by atoms with van der Waals surface area (Å²) in [5, 5.41) is 14.2. The quantitative estimate of drug-likeness (QED) is 0.656. The zero-order valence-electron chi connectivity index (χ0n) is 11.6. The molecule has 1 heterocycles. The Balaban J connectivity index is 2.32. The second-order valence-corrected chi connectivity index (χ2v) is 4.29. The predicted octanol–water partition coefficient (Wildman–Crippen LogP) is 2.74. The summed E-state index contributed by atoms with van der Waals surface area (Å²) in [4.78, 5) is 8.05. The maximum atomic E-state index is 8.59. The average Bonchev–Trinajstić information content (AvgIpc) is 2.43. The molecule has 0 aliphatic heterocycles. The molecule has 0 unspecified atom stereocenters. The van der Waals surface area contributed by atoms with E-state index in [0.29, 0.717) is 11.6 Å². The molecular formula is C14H15N5O. The van der Waals surface area contributed by atoms with Gasteiger partial charge in [0.25, 0.3) is 0 Å². The first-order valence-electron chi connectivity index (χ1n) is 6.03. The third-order valence-corrected chi connectivity index (χ3v) is 2.93. The van der Waals surface area contributed by atoms with Crippen LogP contribution in [0.3, 0.4) is 0 Å². The third kappa shape index (κ3) is 2.95. The van der Waals surface area contributed by atoms with Crippen molar-refractivity contribution in [2.45, 2.75) is 13.8 Å². The van der Waals surface area contributed by atoms with Crippen molar-refractivity contribution in [1.29, 1.82) is 5.26 Å². The van der Waals surface area contributed by atoms with Crippen LogP contribution < -0.4 is 15.4 Å². The fourth-order valence-corrected chi connectivity index (χ4v) is 1.75. The summed E-state index contributed by atoms with van der Waals surface area (Å²) in [5.74, 6) is 1.76. The molecule has 6 heteroatoms. The average molecular weight is 269 g/mol. The predicted molar refractivity (Wildman–Crippen MR) is 77.0 cm³/mol. The summed E-state index contributed by atoms with van der Waals surface area (Å²) in [7, 11) is 1.62. The molecular weight excluding hydrogens is 254 g/mol. The summed E-state index contributed by atoms with van der Waals surface area (Å²) < 4.78 is 5.36. The number of aryl methyl sites for hydroxylation is 2. The van der Waals surface area contributed by atoms with Crippen LogP contribution >= 0.6 is 0 Å². The van der Waals surface area contributed by atoms with Gasteiger partial charge in [0, 0.05) is 6.07 Å². The minimum atomic E-state index is 0.438. The van der Waals surface area contributed by atoms with E-state index in [1.54, 1.807) is 13.2 Å². The van der Waals surface area contributed by atoms with E-state index in [4.69, 9.17) is 10.00 Å². The van der Waals surface area contributed by atoms with Gasteiger partial charge >= 0.3 is 0 Å². The molecule has 0 bridgehead atoms. The fraction of sp³-hybridized carbons (Fsp3) is 0.214. The van der Waals surface area contributed by atoms with Crippen molar-refractivity contribution in [2.24, 2.45) is 0 Å². The molecule has 0 saturated heterocycles. The van der Waals surface area contributed by atoms with Crippen molar-refractivity contribution < 1.29 is 4.74 Å². The highest BCUT2D eigenvalue weighted by Gasteiger charge is 2.07. The molecule has 2 rings (SSSR count). The highest BCUT2D eigenvalue weighted by atomic mass is 16.5. The molecule has 1 aromatic heterocycles. The van der Waals surface area contributed by atoms with E-state index in [2.05, 4.69) is 20.6 Å². The molecule has 1 aromatic carbocycles. The number of methoxy groups -OCH3 is 1. The number of benzene rings is 1. The maximum absolute atomic E-state index is 8.59. The van der Waals surface area contributed by atoms with Crippen LogP contribution in [0.2, 0.25) is 0 Å². The Morgan fingerprint density at radius 3 is 2.50 bits per heavy atom. The number of nitrogens with zero attached hydrogens (tertiary/aromatic N) is 3. The van der Waals surface area contributed by atoms with Gasteiger partial charge < -0.3 is 10.1 Å². The van der Waals surface area contributed by atoms with Gasteiger partial charge in [0.1, 0.15) is 23.7 Å². The molecule has 0 aliphatic carbocycles. The summed E-state index contributed by atoms with van der Waals surface area (Å²) in [6, 6.07) is 5.61. The first kappa shape index (κ1) is 13.6. The van der Waals surface area contributed by atoms with E-state index in [1.807, 2.05) is 32.2 Å². The van der Waals surface area contributed by atoms with Gasteiger partial charge in [0.05, 0.1) is 12.8 Å². The smallest absolute Gasteiger partial charge is 0.182 e. The highest BCUT2D eigenvalue weighted by Crippen LogP contribution is 2.30. The lowest BCUT2D eigenvalue weighted by molar-refractivity contribution is 0.416. The number of ether oxygens (including phenoxy) is 1. The lowest BCUT2D eigenvalue weighted by atomic mass is 10.1. The summed E-state index contributed by atoms with van der Waals surface area (Å²) >= 11 is 0. The second-order valence-electron chi connectivity index (χ2n) is 4.29. The molecule has 0 saturated carbocycles. The van der Waals surface area contributed by atoms with Gasteiger partial charge in [0.2, 0.25) is 0 Å². The van der Waals surface area contributed by atoms with Gasteiger partial charge in [-0.1, -0.05) is 0 Å². The van der Waals surface area contributed by atoms with Crippen LogP contribution in [-0.2, 0) is 0 Å². The molecule has 0 spiro atoms. The zero-order valence-corrected chi connectivity index (χ0v) is 11.6. The molecule has 0 aliphatic rings. The second kappa shape index (κ2) is 5.89. The van der Waals surface area contributed by atoms with Crippen LogP contribution in [0, 0.1) is 25.3 Å². The number of nitrogens with one attached hydrogen (secondary N) is 2. The van der Waals surface area contributed by atoms with Crippen LogP contribution in [-0.4, -0.2) is 17.1 Å². The van der Waals surface area contributed by atoms with Gasteiger partial charge in [-0.25, -0.2) is 9.97 Å². The lowest BCUT2D eigenvalue weighted by Crippen LogP contribution is -2.00. The van der Waals surface area contributed by atoms with Crippen molar-refractivity contribution in [3.8, 4) is 11.9 Å². The minimum absolute atomic E-state index is 0.438. The van der Waals surface area contributed by atoms with Crippen molar-refractivity contribution in [3.05, 3.63) is 35.7 Å². The van der Waals surface area contributed by atoms with Gasteiger partial charge in [-0.3, -0.25) is 5.32 Å². The largest absolute Gasteiger partial charge is 0.495 e. The van der Waals surface area contributed by atoms with Crippen molar-refractivity contribution in [1.82, 2.24) is 9.97 Å². The van der Waals surface area contributed by atoms with Gasteiger partial charge in [-0.2, -0.15) is 5.26 Å². The topological polar surface area (TPSA) is 82.9 Å². The van der Waals surface area contributed by atoms with Crippen molar-refractivity contribution in [3.63, 3.8) is 0 Å². The maximum Gasteiger partial charge on any atom is 0.182 e. The molecule has 20 heavy (non-hydrogen) atoms. The Morgan fingerprint density at radius 1 is 1.10 bits per heavy atom. The Hall–Kier alpha value is -2.81. The number of rotatable bonds is 4. The Morgan fingerprint density at radius 2 is 1.80 bits per heavy atom. The third-order valence-electron chi connectivity index (χ3n) is 2.93. The van der Waals surface area contributed by atoms with E-state index in [1.165, 1.54) is 6.33 Å². The molecule has 0 amide bonds. The number of hydrogen-bond donors (Lipinski definition) is 2. The molecule has 2 aromatic rings. The fourth-order valence-electron chi connectivity index (χ4n) is 1.75. The van der Waals surface area contributed by atoms with E-state index >= 15 is 0 Å². The van der Waals surface area contributed by atoms with E-state index in [9.17, 15) is 0 Å². The molecule has 2 N–H and O–H groups in total. The van der Waals surface area contributed by atoms with Crippen LogP contribution in [0.25, 0.3) is 0 Å². The molecule has 6 nitrogen and oxygen atoms in total. The number of anilines is 3. The Kier molecular flexibility index (Phi) is 4.01. The number of aromatic nitrogens is 2. The first-order chi connectivity index (χ1) is 9.63. The standard InChI is InChI=1S/C14H15N5O/c1-9-4-11(12(20-3)5-10(9)2)19-14-6-13(16-7-15)17-8-18-14/h4-6,8H,1-3H3,(H2,16,17,18,19). The lowest BCUT2D eigenvalue weighted by Gasteiger charge is -2.13. The van der Waals surface area contributed by atoms with Gasteiger partial charge in [-0.15, -0.1) is 0 Å². The molecule has 0 atom stereocenters.